The summed E-state index contributed by atoms with van der Waals surface area (Å²) in [6.45, 7) is 9.57. The third-order valence-corrected chi connectivity index (χ3v) is 2.62. The van der Waals surface area contributed by atoms with E-state index in [0.717, 1.165) is 12.6 Å². The predicted octanol–water partition coefficient (Wildman–Crippen LogP) is 0.0180. The quantitative estimate of drug-likeness (QED) is 0.198. The molecule has 0 saturated heterocycles. The first kappa shape index (κ1) is 23.0. The summed E-state index contributed by atoms with van der Waals surface area (Å²) in [5.74, 6) is -0.447. The van der Waals surface area contributed by atoms with E-state index in [0.29, 0.717) is 66.1 Å². The first-order valence-electron chi connectivity index (χ1n) is 8.13. The van der Waals surface area contributed by atoms with E-state index in [1.165, 1.54) is 0 Å². The predicted molar refractivity (Wildman–Crippen MR) is 89.2 cm³/mol. The summed E-state index contributed by atoms with van der Waals surface area (Å²) in [6.07, 6.45) is 1.12. The lowest BCUT2D eigenvalue weighted by Crippen LogP contribution is -2.17. The smallest absolute Gasteiger partial charge is 0.330 e. The number of rotatable bonds is 19. The molecule has 1 N–H and O–H groups in total. The first-order valence-corrected chi connectivity index (χ1v) is 8.13. The zero-order chi connectivity index (χ0) is 17.7. The number of esters is 1. The maximum absolute atomic E-state index is 10.7. The van der Waals surface area contributed by atoms with Crippen LogP contribution in [-0.2, 0) is 33.2 Å². The van der Waals surface area contributed by atoms with Gasteiger partial charge in [-0.15, -0.1) is 0 Å². The van der Waals surface area contributed by atoms with Crippen molar-refractivity contribution in [3.63, 3.8) is 0 Å². The van der Waals surface area contributed by atoms with Gasteiger partial charge in [-0.25, -0.2) is 4.79 Å². The second-order valence-corrected chi connectivity index (χ2v) is 4.54. The SMILES string of the molecule is C=CC(=O)OCCOCCOCCOCCOCCOCCNC. The number of likely N-dealkylation sites (N-methyl/N-ethyl adjacent to an activating group) is 1. The Balaban J connectivity index is 3.00. The van der Waals surface area contributed by atoms with Gasteiger partial charge in [0.15, 0.2) is 0 Å². The fourth-order valence-corrected chi connectivity index (χ4v) is 1.42. The Hall–Kier alpha value is -1.03. The lowest BCUT2D eigenvalue weighted by Gasteiger charge is -2.08. The Morgan fingerprint density at radius 1 is 0.750 bits per heavy atom. The topological polar surface area (TPSA) is 84.5 Å². The van der Waals surface area contributed by atoms with Crippen LogP contribution in [0.5, 0.6) is 0 Å². The fraction of sp³-hybridized carbons (Fsp3) is 0.812. The van der Waals surface area contributed by atoms with Crippen LogP contribution >= 0.6 is 0 Å². The van der Waals surface area contributed by atoms with Gasteiger partial charge in [0.1, 0.15) is 6.61 Å². The van der Waals surface area contributed by atoms with Crippen LogP contribution in [-0.4, -0.2) is 92.2 Å². The van der Waals surface area contributed by atoms with E-state index in [2.05, 4.69) is 11.9 Å². The molecule has 0 bridgehead atoms. The molecule has 0 aliphatic rings. The zero-order valence-corrected chi connectivity index (χ0v) is 14.6. The van der Waals surface area contributed by atoms with Gasteiger partial charge in [0, 0.05) is 12.6 Å². The van der Waals surface area contributed by atoms with Crippen LogP contribution in [0.4, 0.5) is 0 Å². The van der Waals surface area contributed by atoms with E-state index < -0.39 is 5.97 Å². The lowest BCUT2D eigenvalue weighted by atomic mass is 10.6. The van der Waals surface area contributed by atoms with Crippen molar-refractivity contribution < 1.29 is 33.2 Å². The number of carbonyl (C=O) groups excluding carboxylic acids is 1. The van der Waals surface area contributed by atoms with Gasteiger partial charge in [0.25, 0.3) is 0 Å². The van der Waals surface area contributed by atoms with Gasteiger partial charge in [0.2, 0.25) is 0 Å². The molecule has 8 nitrogen and oxygen atoms in total. The monoisotopic (exact) mass is 349 g/mol. The molecular formula is C16H31NO7. The third-order valence-electron chi connectivity index (χ3n) is 2.62. The number of hydrogen-bond acceptors (Lipinski definition) is 8. The minimum Gasteiger partial charge on any atom is -0.460 e. The van der Waals surface area contributed by atoms with E-state index in [1.807, 2.05) is 7.05 Å². The molecule has 0 aromatic carbocycles. The van der Waals surface area contributed by atoms with Crippen LogP contribution in [0, 0.1) is 0 Å². The molecule has 24 heavy (non-hydrogen) atoms. The average molecular weight is 349 g/mol. The van der Waals surface area contributed by atoms with Crippen LogP contribution in [0.3, 0.4) is 0 Å². The molecule has 0 aliphatic heterocycles. The molecular weight excluding hydrogens is 318 g/mol. The summed E-state index contributed by atoms with van der Waals surface area (Å²) in [4.78, 5) is 10.7. The van der Waals surface area contributed by atoms with Crippen LogP contribution in [0.25, 0.3) is 0 Å². The van der Waals surface area contributed by atoms with Gasteiger partial charge in [0.05, 0.1) is 66.1 Å². The maximum atomic E-state index is 10.7. The van der Waals surface area contributed by atoms with E-state index in [1.54, 1.807) is 0 Å². The molecule has 0 radical (unpaired) electrons. The molecule has 0 unspecified atom stereocenters. The summed E-state index contributed by atoms with van der Waals surface area (Å²) in [6, 6.07) is 0. The van der Waals surface area contributed by atoms with Gasteiger partial charge in [-0.2, -0.15) is 0 Å². The highest BCUT2D eigenvalue weighted by molar-refractivity contribution is 5.81. The van der Waals surface area contributed by atoms with Crippen molar-refractivity contribution in [2.75, 3.05) is 86.3 Å². The Morgan fingerprint density at radius 2 is 1.12 bits per heavy atom. The van der Waals surface area contributed by atoms with Gasteiger partial charge in [-0.1, -0.05) is 6.58 Å². The molecule has 0 amide bonds. The molecule has 0 fully saturated rings. The van der Waals surface area contributed by atoms with Gasteiger partial charge >= 0.3 is 5.97 Å². The highest BCUT2D eigenvalue weighted by atomic mass is 16.6. The third kappa shape index (κ3) is 19.0. The van der Waals surface area contributed by atoms with Gasteiger partial charge in [-0.05, 0) is 7.05 Å². The van der Waals surface area contributed by atoms with Crippen LogP contribution in [0.1, 0.15) is 0 Å². The largest absolute Gasteiger partial charge is 0.460 e. The Bertz CT molecular complexity index is 290. The lowest BCUT2D eigenvalue weighted by molar-refractivity contribution is -0.139. The number of hydrogen-bond donors (Lipinski definition) is 1. The molecule has 0 rings (SSSR count). The number of nitrogens with one attached hydrogen (secondary N) is 1. The number of carbonyl (C=O) groups is 1. The van der Waals surface area contributed by atoms with E-state index >= 15 is 0 Å². The Kier molecular flexibility index (Phi) is 19.2. The summed E-state index contributed by atoms with van der Waals surface area (Å²) in [7, 11) is 1.89. The normalized spacial score (nSPS) is 10.7. The number of ether oxygens (including phenoxy) is 6. The highest BCUT2D eigenvalue weighted by Gasteiger charge is 1.96. The van der Waals surface area contributed by atoms with Crippen molar-refractivity contribution in [2.24, 2.45) is 0 Å². The summed E-state index contributed by atoms with van der Waals surface area (Å²) >= 11 is 0. The van der Waals surface area contributed by atoms with Gasteiger partial charge < -0.3 is 33.7 Å². The standard InChI is InChI=1S/C16H31NO7/c1-3-16(18)24-15-14-23-13-12-22-11-10-21-9-8-20-7-6-19-5-4-17-2/h3,17H,1,4-15H2,2H3. The Morgan fingerprint density at radius 3 is 1.50 bits per heavy atom. The zero-order valence-electron chi connectivity index (χ0n) is 14.6. The summed E-state index contributed by atoms with van der Waals surface area (Å²) in [5.41, 5.74) is 0. The van der Waals surface area contributed by atoms with Crippen LogP contribution in [0.2, 0.25) is 0 Å². The first-order chi connectivity index (χ1) is 11.8. The highest BCUT2D eigenvalue weighted by Crippen LogP contribution is 1.85. The maximum Gasteiger partial charge on any atom is 0.330 e. The molecule has 0 aromatic heterocycles. The molecule has 0 aliphatic carbocycles. The molecule has 0 heterocycles. The summed E-state index contributed by atoms with van der Waals surface area (Å²) in [5, 5.41) is 3.00. The Labute approximate surface area is 144 Å². The average Bonchev–Trinajstić information content (AvgIpc) is 2.60. The van der Waals surface area contributed by atoms with E-state index in [4.69, 9.17) is 28.4 Å². The molecule has 0 saturated carbocycles. The molecule has 0 atom stereocenters. The summed E-state index contributed by atoms with van der Waals surface area (Å²) < 4.78 is 31.3. The van der Waals surface area contributed by atoms with E-state index in [9.17, 15) is 4.79 Å². The second-order valence-electron chi connectivity index (χ2n) is 4.54. The van der Waals surface area contributed by atoms with Crippen molar-refractivity contribution in [3.8, 4) is 0 Å². The van der Waals surface area contributed by atoms with Crippen molar-refractivity contribution in [2.45, 2.75) is 0 Å². The van der Waals surface area contributed by atoms with Crippen molar-refractivity contribution in [1.29, 1.82) is 0 Å². The van der Waals surface area contributed by atoms with Crippen molar-refractivity contribution in [3.05, 3.63) is 12.7 Å². The van der Waals surface area contributed by atoms with Crippen LogP contribution in [0.15, 0.2) is 12.7 Å². The van der Waals surface area contributed by atoms with E-state index in [-0.39, 0.29) is 6.61 Å². The molecule has 142 valence electrons. The molecule has 0 spiro atoms. The second kappa shape index (κ2) is 20.0. The fourth-order valence-electron chi connectivity index (χ4n) is 1.42. The van der Waals surface area contributed by atoms with Gasteiger partial charge in [-0.3, -0.25) is 0 Å². The van der Waals surface area contributed by atoms with Crippen molar-refractivity contribution >= 4 is 5.97 Å². The molecule has 0 aromatic rings. The minimum atomic E-state index is -0.447. The van der Waals surface area contributed by atoms with Crippen LogP contribution < -0.4 is 5.32 Å². The van der Waals surface area contributed by atoms with Crippen molar-refractivity contribution in [1.82, 2.24) is 5.32 Å². The minimum absolute atomic E-state index is 0.217. The molecule has 8 heteroatoms.